The molecule has 196 valence electrons. The van der Waals surface area contributed by atoms with Gasteiger partial charge in [-0.25, -0.2) is 9.79 Å². The molecule has 0 spiro atoms. The Labute approximate surface area is 243 Å². The van der Waals surface area contributed by atoms with Gasteiger partial charge in [0, 0.05) is 15.6 Å². The molecule has 3 aromatic rings. The molecule has 0 bridgehead atoms. The first-order valence-corrected chi connectivity index (χ1v) is 13.8. The van der Waals surface area contributed by atoms with Crippen molar-refractivity contribution in [2.45, 2.75) is 13.5 Å². The fraction of sp³-hybridized carbons (Fsp3) is 0.143. The van der Waals surface area contributed by atoms with E-state index in [1.165, 1.54) is 18.9 Å². The minimum Gasteiger partial charge on any atom is -0.506 e. The van der Waals surface area contributed by atoms with E-state index < -0.39 is 5.97 Å². The highest BCUT2D eigenvalue weighted by molar-refractivity contribution is 9.10. The fourth-order valence-electron chi connectivity index (χ4n) is 3.51. The first kappa shape index (κ1) is 28.1. The van der Waals surface area contributed by atoms with Crippen molar-refractivity contribution in [1.29, 1.82) is 0 Å². The Morgan fingerprint density at radius 2 is 1.89 bits per heavy atom. The Kier molecular flexibility index (Phi) is 9.44. The smallest absolute Gasteiger partial charge is 0.344 e. The van der Waals surface area contributed by atoms with Crippen molar-refractivity contribution in [2.24, 2.45) is 4.99 Å². The number of thioether (sulfide) groups is 1. The van der Waals surface area contributed by atoms with Gasteiger partial charge in [0.05, 0.1) is 28.8 Å². The number of hydrogen-bond acceptors (Lipinski definition) is 7. The normalized spacial score (nSPS) is 15.3. The summed E-state index contributed by atoms with van der Waals surface area (Å²) in [6.45, 7) is 2.08. The van der Waals surface area contributed by atoms with Crippen LogP contribution in [0.5, 0.6) is 11.5 Å². The van der Waals surface area contributed by atoms with E-state index in [4.69, 9.17) is 37.4 Å². The van der Waals surface area contributed by atoms with Gasteiger partial charge in [-0.3, -0.25) is 0 Å². The van der Waals surface area contributed by atoms with Crippen molar-refractivity contribution < 1.29 is 24.1 Å². The number of methoxy groups -OCH3 is 1. The van der Waals surface area contributed by atoms with Gasteiger partial charge in [-0.2, -0.15) is 0 Å². The zero-order valence-electron chi connectivity index (χ0n) is 20.3. The Balaban J connectivity index is 1.66. The predicted octanol–water partition coefficient (Wildman–Crippen LogP) is 8.54. The molecule has 6 nitrogen and oxygen atoms in total. The summed E-state index contributed by atoms with van der Waals surface area (Å²) in [7, 11) is 1.53. The number of esters is 1. The topological polar surface area (TPSA) is 77.4 Å². The predicted molar refractivity (Wildman–Crippen MR) is 157 cm³/mol. The molecule has 0 radical (unpaired) electrons. The van der Waals surface area contributed by atoms with Crippen LogP contribution >= 0.6 is 50.9 Å². The molecule has 0 aliphatic carbocycles. The quantitative estimate of drug-likeness (QED) is 0.250. The molecular weight excluding hydrogens is 613 g/mol. The fourth-order valence-corrected chi connectivity index (χ4v) is 5.59. The summed E-state index contributed by atoms with van der Waals surface area (Å²) in [5, 5.41) is 12.4. The van der Waals surface area contributed by atoms with E-state index in [2.05, 4.69) is 20.9 Å². The highest BCUT2D eigenvalue weighted by Gasteiger charge is 2.33. The van der Waals surface area contributed by atoms with Gasteiger partial charge >= 0.3 is 5.97 Å². The van der Waals surface area contributed by atoms with Crippen molar-refractivity contribution in [3.05, 3.63) is 103 Å². The molecule has 3 aromatic carbocycles. The van der Waals surface area contributed by atoms with Gasteiger partial charge in [0.25, 0.3) is 0 Å². The van der Waals surface area contributed by atoms with Gasteiger partial charge in [-0.1, -0.05) is 59.2 Å². The molecule has 1 N–H and O–H groups in total. The number of para-hydroxylation sites is 1. The van der Waals surface area contributed by atoms with Gasteiger partial charge in [0.2, 0.25) is 0 Å². The van der Waals surface area contributed by atoms with E-state index in [9.17, 15) is 9.90 Å². The molecule has 0 saturated heterocycles. The number of carbonyl (C=O) groups excluding carboxylic acids is 1. The maximum Gasteiger partial charge on any atom is 0.344 e. The maximum absolute atomic E-state index is 12.7. The number of aliphatic hydroxyl groups excluding tert-OH is 1. The summed E-state index contributed by atoms with van der Waals surface area (Å²) >= 11 is 17.0. The number of aliphatic imine (C=N–C) groups is 1. The minimum atomic E-state index is -0.640. The number of hydrogen-bond donors (Lipinski definition) is 1. The summed E-state index contributed by atoms with van der Waals surface area (Å²) in [6, 6.07) is 18.0. The minimum absolute atomic E-state index is 0.0257. The lowest BCUT2D eigenvalue weighted by Crippen LogP contribution is -2.12. The van der Waals surface area contributed by atoms with Crippen LogP contribution in [0.1, 0.15) is 18.1 Å². The first-order valence-electron chi connectivity index (χ1n) is 11.4. The lowest BCUT2D eigenvalue weighted by Gasteiger charge is -2.14. The third kappa shape index (κ3) is 6.56. The number of benzene rings is 3. The van der Waals surface area contributed by atoms with Crippen LogP contribution < -0.4 is 9.47 Å². The van der Waals surface area contributed by atoms with E-state index in [0.717, 1.165) is 5.56 Å². The Morgan fingerprint density at radius 1 is 1.13 bits per heavy atom. The van der Waals surface area contributed by atoms with E-state index >= 15 is 0 Å². The number of aliphatic hydroxyl groups is 1. The van der Waals surface area contributed by atoms with E-state index in [1.807, 2.05) is 36.4 Å². The number of halogens is 3. The zero-order chi connectivity index (χ0) is 27.2. The second-order valence-electron chi connectivity index (χ2n) is 7.87. The van der Waals surface area contributed by atoms with Gasteiger partial charge < -0.3 is 19.3 Å². The van der Waals surface area contributed by atoms with Crippen molar-refractivity contribution in [3.63, 3.8) is 0 Å². The number of rotatable bonds is 8. The van der Waals surface area contributed by atoms with Crippen molar-refractivity contribution in [2.75, 3.05) is 13.7 Å². The molecule has 4 rings (SSSR count). The third-order valence-corrected chi connectivity index (χ3v) is 7.49. The summed E-state index contributed by atoms with van der Waals surface area (Å²) in [6.07, 6.45) is 1.74. The van der Waals surface area contributed by atoms with Gasteiger partial charge in [0.15, 0.2) is 11.5 Å². The molecule has 0 aromatic heterocycles. The lowest BCUT2D eigenvalue weighted by molar-refractivity contribution is -0.138. The van der Waals surface area contributed by atoms with E-state index in [-0.39, 0.29) is 24.5 Å². The summed E-state index contributed by atoms with van der Waals surface area (Å²) in [5.74, 6) is 0.111. The molecule has 0 unspecified atom stereocenters. The number of ether oxygens (including phenoxy) is 3. The Bertz CT molecular complexity index is 1460. The van der Waals surface area contributed by atoms with Crippen LogP contribution in [0.3, 0.4) is 0 Å². The van der Waals surface area contributed by atoms with Crippen LogP contribution in [-0.4, -0.2) is 29.8 Å². The molecule has 0 amide bonds. The van der Waals surface area contributed by atoms with Crippen LogP contribution in [0.4, 0.5) is 5.69 Å². The highest BCUT2D eigenvalue weighted by atomic mass is 79.9. The molecular formula is C28H22BrCl2NO5S. The lowest BCUT2D eigenvalue weighted by atomic mass is 10.1. The average Bonchev–Trinajstić information content (AvgIpc) is 3.18. The molecule has 1 aliphatic heterocycles. The Morgan fingerprint density at radius 3 is 2.58 bits per heavy atom. The largest absolute Gasteiger partial charge is 0.506 e. The van der Waals surface area contributed by atoms with Crippen LogP contribution in [0.25, 0.3) is 6.08 Å². The van der Waals surface area contributed by atoms with Crippen LogP contribution in [0, 0.1) is 0 Å². The molecule has 1 heterocycles. The molecule has 38 heavy (non-hydrogen) atoms. The first-order chi connectivity index (χ1) is 18.3. The molecule has 1 aliphatic rings. The van der Waals surface area contributed by atoms with Gasteiger partial charge in [-0.15, -0.1) is 0 Å². The van der Waals surface area contributed by atoms with Crippen LogP contribution in [-0.2, 0) is 16.1 Å². The summed E-state index contributed by atoms with van der Waals surface area (Å²) < 4.78 is 17.4. The van der Waals surface area contributed by atoms with Crippen molar-refractivity contribution in [3.8, 4) is 11.5 Å². The van der Waals surface area contributed by atoms with E-state index in [1.54, 1.807) is 37.3 Å². The zero-order valence-corrected chi connectivity index (χ0v) is 24.2. The molecule has 0 fully saturated rings. The van der Waals surface area contributed by atoms with Gasteiger partial charge in [-0.05, 0) is 70.9 Å². The van der Waals surface area contributed by atoms with E-state index in [0.29, 0.717) is 47.2 Å². The standard InChI is InChI=1S/C28H22BrCl2NO5S/c1-3-36-28(34)24-25(33)23(38-27(24)32-19-7-5-4-6-8-19)13-16-11-20(29)26(22(12-16)35-2)37-15-17-9-10-18(30)14-21(17)31/h4-14,33H,3,15H2,1-2H3/b23-13-,32-27?. The molecule has 10 heteroatoms. The summed E-state index contributed by atoms with van der Waals surface area (Å²) in [5.41, 5.74) is 2.14. The SMILES string of the molecule is CCOC(=O)C1=C(O)/C(=C/c2cc(Br)c(OCc3ccc(Cl)cc3Cl)c(OC)c2)SC1=Nc1ccccc1. The monoisotopic (exact) mass is 633 g/mol. The highest BCUT2D eigenvalue weighted by Crippen LogP contribution is 2.43. The molecule has 0 saturated carbocycles. The van der Waals surface area contributed by atoms with Gasteiger partial charge in [0.1, 0.15) is 23.0 Å². The maximum atomic E-state index is 12.7. The average molecular weight is 635 g/mol. The van der Waals surface area contributed by atoms with Crippen LogP contribution in [0.15, 0.2) is 86.4 Å². The number of carbonyl (C=O) groups is 1. The third-order valence-electron chi connectivity index (χ3n) is 5.29. The van der Waals surface area contributed by atoms with Crippen molar-refractivity contribution in [1.82, 2.24) is 0 Å². The molecule has 0 atom stereocenters. The van der Waals surface area contributed by atoms with Crippen LogP contribution in [0.2, 0.25) is 10.0 Å². The van der Waals surface area contributed by atoms with Crippen molar-refractivity contribution >= 4 is 73.7 Å². The number of nitrogens with zero attached hydrogens (tertiary/aromatic N) is 1. The second-order valence-corrected chi connectivity index (χ2v) is 10.6. The summed E-state index contributed by atoms with van der Waals surface area (Å²) in [4.78, 5) is 17.7. The Hall–Kier alpha value is -2.91. The second kappa shape index (κ2) is 12.8.